The summed E-state index contributed by atoms with van der Waals surface area (Å²) in [4.78, 5) is 0. The van der Waals surface area contributed by atoms with Crippen LogP contribution < -0.4 is 4.74 Å². The molecule has 3 nitrogen and oxygen atoms in total. The first-order valence-electron chi connectivity index (χ1n) is 5.76. The summed E-state index contributed by atoms with van der Waals surface area (Å²) in [6.45, 7) is 0. The summed E-state index contributed by atoms with van der Waals surface area (Å²) in [6, 6.07) is 11.2. The molecule has 0 atom stereocenters. The zero-order chi connectivity index (χ0) is 15.5. The lowest BCUT2D eigenvalue weighted by atomic mass is 10.2. The van der Waals surface area contributed by atoms with Crippen LogP contribution in [0.5, 0.6) is 5.75 Å². The smallest absolute Gasteiger partial charge is 0.573 e. The third-order valence-electron chi connectivity index (χ3n) is 2.46. The van der Waals surface area contributed by atoms with Crippen molar-refractivity contribution in [2.24, 2.45) is 0 Å². The van der Waals surface area contributed by atoms with Crippen molar-refractivity contribution in [3.63, 3.8) is 0 Å². The Bertz CT molecular complexity index is 637. The molecule has 0 aliphatic heterocycles. The molecule has 0 bridgehead atoms. The number of rotatable bonds is 3. The van der Waals surface area contributed by atoms with Gasteiger partial charge in [-0.3, -0.25) is 0 Å². The fourth-order valence-corrected chi connectivity index (χ4v) is 1.68. The molecule has 7 heteroatoms. The Hall–Kier alpha value is -2.21. The molecule has 0 aliphatic carbocycles. The van der Waals surface area contributed by atoms with E-state index >= 15 is 0 Å². The van der Waals surface area contributed by atoms with Crippen molar-refractivity contribution >= 4 is 23.5 Å². The molecule has 0 radical (unpaired) electrons. The molecule has 0 unspecified atom stereocenters. The van der Waals surface area contributed by atoms with Crippen LogP contribution >= 0.6 is 11.6 Å². The lowest BCUT2D eigenvalue weighted by Gasteiger charge is -2.09. The molecule has 0 fully saturated rings. The summed E-state index contributed by atoms with van der Waals surface area (Å²) in [5, 5.41) is 12.4. The molecule has 110 valence electrons. The Kier molecular flexibility index (Phi) is 4.37. The van der Waals surface area contributed by atoms with E-state index in [0.717, 1.165) is 12.1 Å². The van der Waals surface area contributed by atoms with Crippen molar-refractivity contribution in [1.29, 1.82) is 0 Å². The fourth-order valence-electron chi connectivity index (χ4n) is 1.55. The van der Waals surface area contributed by atoms with Crippen molar-refractivity contribution in [3.05, 3.63) is 64.3 Å². The molecule has 0 saturated heterocycles. The van der Waals surface area contributed by atoms with Crippen LogP contribution in [0.4, 0.5) is 18.9 Å². The van der Waals surface area contributed by atoms with E-state index < -0.39 is 6.36 Å². The number of benzene rings is 2. The fraction of sp³-hybridized carbons (Fsp3) is 0.0714. The summed E-state index contributed by atoms with van der Waals surface area (Å²) in [5.74, 6) is -0.383. The highest BCUT2D eigenvalue weighted by Crippen LogP contribution is 2.24. The Morgan fingerprint density at radius 3 is 2.10 bits per heavy atom. The predicted molar refractivity (Wildman–Crippen MR) is 73.0 cm³/mol. The van der Waals surface area contributed by atoms with Crippen LogP contribution in [0.2, 0.25) is 5.02 Å². The van der Waals surface area contributed by atoms with Crippen molar-refractivity contribution in [2.75, 3.05) is 0 Å². The maximum atomic E-state index is 12.0. The molecule has 2 aromatic carbocycles. The quantitative estimate of drug-likeness (QED) is 0.362. The van der Waals surface area contributed by atoms with Crippen molar-refractivity contribution < 1.29 is 22.6 Å². The normalized spacial score (nSPS) is 12.3. The lowest BCUT2D eigenvalue weighted by molar-refractivity contribution is -0.354. The van der Waals surface area contributed by atoms with Crippen molar-refractivity contribution in [2.45, 2.75) is 6.36 Å². The highest BCUT2D eigenvalue weighted by molar-refractivity contribution is 6.30. The Morgan fingerprint density at radius 1 is 1.00 bits per heavy atom. The lowest BCUT2D eigenvalue weighted by Crippen LogP contribution is -2.17. The zero-order valence-electron chi connectivity index (χ0n) is 10.5. The van der Waals surface area contributed by atoms with E-state index in [4.69, 9.17) is 11.6 Å². The second-order valence-corrected chi connectivity index (χ2v) is 4.48. The van der Waals surface area contributed by atoms with Crippen LogP contribution in [0.1, 0.15) is 5.56 Å². The van der Waals surface area contributed by atoms with Crippen LogP contribution in [0.25, 0.3) is 0 Å². The summed E-state index contributed by atoms with van der Waals surface area (Å²) in [7, 11) is 0. The number of hydrogen-bond acceptors (Lipinski definition) is 2. The standard InChI is InChI=1S/C14H9ClF3NO2/c15-11-3-1-10(2-4-11)9-19(20)12-5-7-13(8-6-12)21-14(16,17)18/h1-9H. The number of alkyl halides is 3. The minimum absolute atomic E-state index is 0.180. The van der Waals surface area contributed by atoms with Gasteiger partial charge in [-0.2, -0.15) is 4.74 Å². The maximum absolute atomic E-state index is 12.0. The van der Waals surface area contributed by atoms with Gasteiger partial charge in [0.15, 0.2) is 6.21 Å². The topological polar surface area (TPSA) is 35.3 Å². The largest absolute Gasteiger partial charge is 0.618 e. The van der Waals surface area contributed by atoms with Gasteiger partial charge >= 0.3 is 6.36 Å². The average molecular weight is 316 g/mol. The molecule has 0 amide bonds. The average Bonchev–Trinajstić information content (AvgIpc) is 2.40. The molecule has 0 saturated carbocycles. The van der Waals surface area contributed by atoms with Gasteiger partial charge in [-0.25, -0.2) is 0 Å². The van der Waals surface area contributed by atoms with Gasteiger partial charge in [0, 0.05) is 22.7 Å². The first-order chi connectivity index (χ1) is 9.83. The number of ether oxygens (including phenoxy) is 1. The first kappa shape index (κ1) is 15.2. The molecular weight excluding hydrogens is 307 g/mol. The highest BCUT2D eigenvalue weighted by Gasteiger charge is 2.31. The summed E-state index contributed by atoms with van der Waals surface area (Å²) < 4.78 is 40.3. The van der Waals surface area contributed by atoms with Gasteiger partial charge in [0.25, 0.3) is 0 Å². The second-order valence-electron chi connectivity index (χ2n) is 4.05. The van der Waals surface area contributed by atoms with E-state index in [2.05, 4.69) is 4.74 Å². The third-order valence-corrected chi connectivity index (χ3v) is 2.71. The Labute approximate surface area is 123 Å². The van der Waals surface area contributed by atoms with E-state index in [1.54, 1.807) is 24.3 Å². The van der Waals surface area contributed by atoms with Gasteiger partial charge in [-0.15, -0.1) is 13.2 Å². The van der Waals surface area contributed by atoms with Crippen LogP contribution in [0.3, 0.4) is 0 Å². The van der Waals surface area contributed by atoms with Gasteiger partial charge in [0.1, 0.15) is 5.75 Å². The minimum Gasteiger partial charge on any atom is -0.618 e. The van der Waals surface area contributed by atoms with Gasteiger partial charge in [0.2, 0.25) is 5.69 Å². The molecule has 0 N–H and O–H groups in total. The van der Waals surface area contributed by atoms with E-state index in [1.165, 1.54) is 18.3 Å². The van der Waals surface area contributed by atoms with E-state index in [1.807, 2.05) is 0 Å². The highest BCUT2D eigenvalue weighted by atomic mass is 35.5. The zero-order valence-corrected chi connectivity index (χ0v) is 11.2. The van der Waals surface area contributed by atoms with E-state index in [9.17, 15) is 18.4 Å². The van der Waals surface area contributed by atoms with Crippen LogP contribution in [-0.2, 0) is 0 Å². The second kappa shape index (κ2) is 6.05. The molecule has 0 aliphatic rings. The van der Waals surface area contributed by atoms with Crippen molar-refractivity contribution in [1.82, 2.24) is 0 Å². The molecular formula is C14H9ClF3NO2. The summed E-state index contributed by atoms with van der Waals surface area (Å²) >= 11 is 5.72. The van der Waals surface area contributed by atoms with Gasteiger partial charge in [0.05, 0.1) is 0 Å². The minimum atomic E-state index is -4.76. The Balaban J connectivity index is 2.16. The molecule has 0 aromatic heterocycles. The molecule has 21 heavy (non-hydrogen) atoms. The molecule has 2 aromatic rings. The van der Waals surface area contributed by atoms with Crippen LogP contribution in [0, 0.1) is 5.21 Å². The summed E-state index contributed by atoms with van der Waals surface area (Å²) in [6.07, 6.45) is -3.47. The van der Waals surface area contributed by atoms with Gasteiger partial charge in [-0.1, -0.05) is 11.6 Å². The van der Waals surface area contributed by atoms with Crippen LogP contribution in [-0.4, -0.2) is 17.3 Å². The third kappa shape index (κ3) is 4.68. The predicted octanol–water partition coefficient (Wildman–Crippen LogP) is 4.50. The van der Waals surface area contributed by atoms with Crippen molar-refractivity contribution in [3.8, 4) is 5.75 Å². The number of nitrogens with zero attached hydrogens (tertiary/aromatic N) is 1. The SMILES string of the molecule is [O-][N+](=Cc1ccc(Cl)cc1)c1ccc(OC(F)(F)F)cc1. The van der Waals surface area contributed by atoms with E-state index in [-0.39, 0.29) is 11.4 Å². The monoisotopic (exact) mass is 315 g/mol. The Morgan fingerprint density at radius 2 is 1.57 bits per heavy atom. The number of hydrogen-bond donors (Lipinski definition) is 0. The molecule has 2 rings (SSSR count). The molecule has 0 spiro atoms. The summed E-state index contributed by atoms with van der Waals surface area (Å²) in [5.41, 5.74) is 0.796. The van der Waals surface area contributed by atoms with Crippen LogP contribution in [0.15, 0.2) is 48.5 Å². The molecule has 0 heterocycles. The maximum Gasteiger partial charge on any atom is 0.573 e. The number of halogens is 4. The van der Waals surface area contributed by atoms with Gasteiger partial charge in [-0.05, 0) is 36.4 Å². The van der Waals surface area contributed by atoms with E-state index in [0.29, 0.717) is 15.3 Å². The first-order valence-corrected chi connectivity index (χ1v) is 6.14. The van der Waals surface area contributed by atoms with Gasteiger partial charge < -0.3 is 9.94 Å².